The molecule has 1 aliphatic rings. The Morgan fingerprint density at radius 1 is 0.933 bits per heavy atom. The molecule has 0 spiro atoms. The first kappa shape index (κ1) is 18.6. The van der Waals surface area contributed by atoms with Gasteiger partial charge in [0.1, 0.15) is 0 Å². The van der Waals surface area contributed by atoms with Crippen LogP contribution in [0.25, 0.3) is 16.9 Å². The summed E-state index contributed by atoms with van der Waals surface area (Å²) in [4.78, 5) is 11.5. The number of benzene rings is 2. The first-order valence-electron chi connectivity index (χ1n) is 9.93. The minimum absolute atomic E-state index is 0.760. The highest BCUT2D eigenvalue weighted by atomic mass is 32.2. The van der Waals surface area contributed by atoms with Gasteiger partial charge in [0.05, 0.1) is 17.1 Å². The van der Waals surface area contributed by atoms with Crippen LogP contribution in [-0.2, 0) is 6.54 Å². The smallest absolute Gasteiger partial charge is 0.164 e. The van der Waals surface area contributed by atoms with E-state index in [4.69, 9.17) is 10.1 Å². The molecule has 2 aromatic carbocycles. The molecule has 0 unspecified atom stereocenters. The van der Waals surface area contributed by atoms with E-state index in [0.717, 1.165) is 52.2 Å². The Morgan fingerprint density at radius 2 is 1.73 bits per heavy atom. The Balaban J connectivity index is 1.50. The number of thioether (sulfide) groups is 1. The van der Waals surface area contributed by atoms with Gasteiger partial charge in [-0.3, -0.25) is 4.98 Å². The normalized spacial score (nSPS) is 15.1. The molecule has 0 saturated carbocycles. The molecule has 148 valence electrons. The molecule has 5 rings (SSSR count). The fraction of sp³-hybridized carbons (Fsp3) is 0.125. The molecular weight excluding hydrogens is 390 g/mol. The number of aromatic nitrogens is 3. The number of amidine groups is 1. The predicted molar refractivity (Wildman–Crippen MR) is 123 cm³/mol. The van der Waals surface area contributed by atoms with E-state index in [1.807, 2.05) is 65.5 Å². The maximum absolute atomic E-state index is 4.91. The second kappa shape index (κ2) is 8.55. The fourth-order valence-corrected chi connectivity index (χ4v) is 4.49. The zero-order chi connectivity index (χ0) is 20.2. The lowest BCUT2D eigenvalue weighted by atomic mass is 10.1. The SMILES string of the molecule is c1ccc(N=C2SCCN2Cc2cn(-c3ccccc3)nc2-c2cccnc2)cc1. The van der Waals surface area contributed by atoms with Crippen LogP contribution in [0.1, 0.15) is 5.56 Å². The van der Waals surface area contributed by atoms with Crippen molar-refractivity contribution in [2.75, 3.05) is 12.3 Å². The van der Waals surface area contributed by atoms with E-state index < -0.39 is 0 Å². The Kier molecular flexibility index (Phi) is 5.31. The first-order valence-corrected chi connectivity index (χ1v) is 10.9. The highest BCUT2D eigenvalue weighted by Crippen LogP contribution is 2.28. The molecule has 0 amide bonds. The molecule has 6 heteroatoms. The highest BCUT2D eigenvalue weighted by molar-refractivity contribution is 8.14. The monoisotopic (exact) mass is 411 g/mol. The van der Waals surface area contributed by atoms with Crippen molar-refractivity contribution in [3.63, 3.8) is 0 Å². The van der Waals surface area contributed by atoms with Gasteiger partial charge in [0, 0.05) is 48.6 Å². The summed E-state index contributed by atoms with van der Waals surface area (Å²) in [5.41, 5.74) is 5.18. The molecule has 0 atom stereocenters. The summed E-state index contributed by atoms with van der Waals surface area (Å²) in [5, 5.41) is 5.97. The van der Waals surface area contributed by atoms with E-state index in [9.17, 15) is 0 Å². The molecule has 5 nitrogen and oxygen atoms in total. The third-order valence-corrected chi connectivity index (χ3v) is 5.95. The van der Waals surface area contributed by atoms with Gasteiger partial charge < -0.3 is 4.90 Å². The molecule has 1 fully saturated rings. The number of pyridine rings is 1. The Hall–Kier alpha value is -3.38. The van der Waals surface area contributed by atoms with Crippen molar-refractivity contribution < 1.29 is 0 Å². The van der Waals surface area contributed by atoms with Gasteiger partial charge in [0.25, 0.3) is 0 Å². The summed E-state index contributed by atoms with van der Waals surface area (Å²) in [6.45, 7) is 1.73. The Bertz CT molecular complexity index is 1140. The molecule has 1 aliphatic heterocycles. The topological polar surface area (TPSA) is 46.3 Å². The molecule has 0 N–H and O–H groups in total. The van der Waals surface area contributed by atoms with Crippen LogP contribution < -0.4 is 0 Å². The van der Waals surface area contributed by atoms with Crippen LogP contribution in [0.4, 0.5) is 5.69 Å². The molecule has 0 bridgehead atoms. The van der Waals surface area contributed by atoms with Crippen LogP contribution in [-0.4, -0.2) is 37.1 Å². The summed E-state index contributed by atoms with van der Waals surface area (Å²) in [7, 11) is 0. The standard InChI is InChI=1S/C24H21N5S/c1-3-9-21(10-4-1)26-24-28(14-15-30-24)17-20-18-29(22-11-5-2-6-12-22)27-23(20)19-8-7-13-25-16-19/h1-13,16,18H,14-15,17H2. The molecule has 30 heavy (non-hydrogen) atoms. The van der Waals surface area contributed by atoms with E-state index in [1.165, 1.54) is 0 Å². The van der Waals surface area contributed by atoms with Crippen molar-refractivity contribution in [3.05, 3.63) is 97.0 Å². The van der Waals surface area contributed by atoms with Gasteiger partial charge in [-0.05, 0) is 36.4 Å². The number of hydrogen-bond donors (Lipinski definition) is 0. The van der Waals surface area contributed by atoms with Crippen molar-refractivity contribution in [3.8, 4) is 16.9 Å². The minimum atomic E-state index is 0.760. The number of para-hydroxylation sites is 2. The van der Waals surface area contributed by atoms with Crippen molar-refractivity contribution in [1.29, 1.82) is 0 Å². The summed E-state index contributed by atoms with van der Waals surface area (Å²) in [6, 6.07) is 24.4. The maximum atomic E-state index is 4.91. The molecule has 0 aliphatic carbocycles. The van der Waals surface area contributed by atoms with Crippen molar-refractivity contribution in [2.24, 2.45) is 4.99 Å². The zero-order valence-corrected chi connectivity index (χ0v) is 17.2. The molecular formula is C24H21N5S. The van der Waals surface area contributed by atoms with Crippen LogP contribution in [0.15, 0.2) is 96.4 Å². The summed E-state index contributed by atoms with van der Waals surface area (Å²) in [5.74, 6) is 1.04. The summed E-state index contributed by atoms with van der Waals surface area (Å²) < 4.78 is 1.95. The predicted octanol–water partition coefficient (Wildman–Crippen LogP) is 5.17. The van der Waals surface area contributed by atoms with Gasteiger partial charge >= 0.3 is 0 Å². The Morgan fingerprint density at radius 3 is 2.50 bits per heavy atom. The van der Waals surface area contributed by atoms with Crippen molar-refractivity contribution in [2.45, 2.75) is 6.54 Å². The van der Waals surface area contributed by atoms with Gasteiger partial charge in [-0.2, -0.15) is 5.10 Å². The number of nitrogens with zero attached hydrogens (tertiary/aromatic N) is 5. The minimum Gasteiger partial charge on any atom is -0.346 e. The summed E-state index contributed by atoms with van der Waals surface area (Å²) >= 11 is 1.81. The van der Waals surface area contributed by atoms with Gasteiger partial charge in [-0.1, -0.05) is 48.2 Å². The zero-order valence-electron chi connectivity index (χ0n) is 16.4. The molecule has 4 aromatic rings. The lowest BCUT2D eigenvalue weighted by Gasteiger charge is -2.17. The van der Waals surface area contributed by atoms with Crippen molar-refractivity contribution >= 4 is 22.6 Å². The number of aliphatic imine (C=N–C) groups is 1. The van der Waals surface area contributed by atoms with Gasteiger partial charge in [0.15, 0.2) is 5.17 Å². The quantitative estimate of drug-likeness (QED) is 0.454. The molecule has 2 aromatic heterocycles. The fourth-order valence-electron chi connectivity index (χ4n) is 3.49. The lowest BCUT2D eigenvalue weighted by Crippen LogP contribution is -2.23. The van der Waals surface area contributed by atoms with E-state index in [-0.39, 0.29) is 0 Å². The van der Waals surface area contributed by atoms with Crippen LogP contribution in [0.3, 0.4) is 0 Å². The average Bonchev–Trinajstić information content (AvgIpc) is 3.43. The van der Waals surface area contributed by atoms with Crippen molar-refractivity contribution in [1.82, 2.24) is 19.7 Å². The molecule has 0 radical (unpaired) electrons. The third-order valence-electron chi connectivity index (χ3n) is 4.95. The Labute approximate surface area is 180 Å². The van der Waals surface area contributed by atoms with E-state index in [2.05, 4.69) is 34.3 Å². The molecule has 3 heterocycles. The maximum Gasteiger partial charge on any atom is 0.164 e. The number of rotatable bonds is 5. The van der Waals surface area contributed by atoms with Crippen LogP contribution in [0, 0.1) is 0 Å². The molecule has 1 saturated heterocycles. The van der Waals surface area contributed by atoms with Gasteiger partial charge in [-0.15, -0.1) is 0 Å². The van der Waals surface area contributed by atoms with E-state index in [0.29, 0.717) is 0 Å². The second-order valence-corrected chi connectivity index (χ2v) is 8.09. The average molecular weight is 412 g/mol. The largest absolute Gasteiger partial charge is 0.346 e. The second-order valence-electron chi connectivity index (χ2n) is 7.02. The van der Waals surface area contributed by atoms with Gasteiger partial charge in [-0.25, -0.2) is 9.67 Å². The summed E-state index contributed by atoms with van der Waals surface area (Å²) in [6.07, 6.45) is 5.79. The number of hydrogen-bond acceptors (Lipinski definition) is 4. The van der Waals surface area contributed by atoms with E-state index in [1.54, 1.807) is 18.0 Å². The van der Waals surface area contributed by atoms with Crippen LogP contribution in [0.5, 0.6) is 0 Å². The lowest BCUT2D eigenvalue weighted by molar-refractivity contribution is 0.457. The van der Waals surface area contributed by atoms with Crippen LogP contribution >= 0.6 is 11.8 Å². The third kappa shape index (κ3) is 4.00. The first-order chi connectivity index (χ1) is 14.9. The van der Waals surface area contributed by atoms with Gasteiger partial charge in [0.2, 0.25) is 0 Å². The van der Waals surface area contributed by atoms with Crippen LogP contribution in [0.2, 0.25) is 0 Å². The van der Waals surface area contributed by atoms with E-state index >= 15 is 0 Å². The highest BCUT2D eigenvalue weighted by Gasteiger charge is 2.23.